The maximum Gasteiger partial charge on any atom is 0.419 e. The largest absolute Gasteiger partial charge is 0.498 e. The van der Waals surface area contributed by atoms with Gasteiger partial charge in [-0.15, -0.1) is 0 Å². The first-order valence-corrected chi connectivity index (χ1v) is 4.54. The van der Waals surface area contributed by atoms with Gasteiger partial charge in [0.15, 0.2) is 0 Å². The Morgan fingerprint density at radius 3 is 2.44 bits per heavy atom. The molecule has 0 fully saturated rings. The molecule has 0 rings (SSSR count). The molecule has 0 aliphatic carbocycles. The first-order chi connectivity index (χ1) is 7.29. The van der Waals surface area contributed by atoms with Crippen LogP contribution in [-0.2, 0) is 9.53 Å². The normalized spacial score (nSPS) is 13.0. The van der Waals surface area contributed by atoms with Gasteiger partial charge in [0.1, 0.15) is 5.76 Å². The minimum Gasteiger partial charge on any atom is -0.498 e. The minimum atomic E-state index is -4.50. The molecule has 6 heteroatoms. The summed E-state index contributed by atoms with van der Waals surface area (Å²) in [6.45, 7) is 4.16. The van der Waals surface area contributed by atoms with Crippen molar-refractivity contribution < 1.29 is 27.8 Å². The molecular weight excluding hydrogens is 225 g/mol. The lowest BCUT2D eigenvalue weighted by Crippen LogP contribution is -2.13. The van der Waals surface area contributed by atoms with E-state index in [-0.39, 0.29) is 25.2 Å². The SMILES string of the molecule is C=C/C(=C(/C)OCCCC(=O)O)C(F)(F)F. The maximum absolute atomic E-state index is 12.3. The number of allylic oxidation sites excluding steroid dienone is 3. The zero-order chi connectivity index (χ0) is 12.8. The van der Waals surface area contributed by atoms with Crippen LogP contribution in [0.2, 0.25) is 0 Å². The van der Waals surface area contributed by atoms with Gasteiger partial charge in [0, 0.05) is 6.42 Å². The Bertz CT molecular complexity index is 292. The summed E-state index contributed by atoms with van der Waals surface area (Å²) in [6.07, 6.45) is -3.80. The van der Waals surface area contributed by atoms with E-state index in [0.29, 0.717) is 6.08 Å². The lowest BCUT2D eigenvalue weighted by Gasteiger charge is -2.12. The Kier molecular flexibility index (Phi) is 5.63. The second kappa shape index (κ2) is 6.19. The highest BCUT2D eigenvalue weighted by atomic mass is 19.4. The Hall–Kier alpha value is -1.46. The van der Waals surface area contributed by atoms with Crippen LogP contribution in [0.3, 0.4) is 0 Å². The van der Waals surface area contributed by atoms with E-state index < -0.39 is 17.7 Å². The predicted molar refractivity (Wildman–Crippen MR) is 51.8 cm³/mol. The van der Waals surface area contributed by atoms with Crippen molar-refractivity contribution in [3.05, 3.63) is 24.0 Å². The fourth-order valence-electron chi connectivity index (χ4n) is 0.985. The van der Waals surface area contributed by atoms with E-state index in [1.807, 2.05) is 0 Å². The molecule has 0 unspecified atom stereocenters. The third-order valence-corrected chi connectivity index (χ3v) is 1.74. The monoisotopic (exact) mass is 238 g/mol. The lowest BCUT2D eigenvalue weighted by atomic mass is 10.2. The summed E-state index contributed by atoms with van der Waals surface area (Å²) >= 11 is 0. The lowest BCUT2D eigenvalue weighted by molar-refractivity contribution is -0.137. The molecule has 0 heterocycles. The van der Waals surface area contributed by atoms with Crippen molar-refractivity contribution in [3.63, 3.8) is 0 Å². The third-order valence-electron chi connectivity index (χ3n) is 1.74. The van der Waals surface area contributed by atoms with Gasteiger partial charge in [0.25, 0.3) is 0 Å². The van der Waals surface area contributed by atoms with Gasteiger partial charge in [-0.1, -0.05) is 12.7 Å². The molecule has 1 N–H and O–H groups in total. The summed E-state index contributed by atoms with van der Waals surface area (Å²) in [6, 6.07) is 0. The molecule has 0 amide bonds. The first kappa shape index (κ1) is 14.5. The van der Waals surface area contributed by atoms with Crippen molar-refractivity contribution in [2.75, 3.05) is 6.61 Å². The molecule has 16 heavy (non-hydrogen) atoms. The minimum absolute atomic E-state index is 0.0639. The van der Waals surface area contributed by atoms with Crippen molar-refractivity contribution in [3.8, 4) is 0 Å². The van der Waals surface area contributed by atoms with E-state index in [0.717, 1.165) is 0 Å². The van der Waals surface area contributed by atoms with E-state index in [2.05, 4.69) is 6.58 Å². The molecule has 0 bridgehead atoms. The summed E-state index contributed by atoms with van der Waals surface area (Å²) in [7, 11) is 0. The molecule has 0 aliphatic heterocycles. The van der Waals surface area contributed by atoms with Crippen LogP contribution in [0.4, 0.5) is 13.2 Å². The van der Waals surface area contributed by atoms with E-state index in [9.17, 15) is 18.0 Å². The molecule has 0 aliphatic rings. The molecule has 3 nitrogen and oxygen atoms in total. The molecule has 92 valence electrons. The quantitative estimate of drug-likeness (QED) is 0.439. The molecule has 0 spiro atoms. The highest BCUT2D eigenvalue weighted by Crippen LogP contribution is 2.29. The summed E-state index contributed by atoms with van der Waals surface area (Å²) in [5.41, 5.74) is -0.942. The summed E-state index contributed by atoms with van der Waals surface area (Å²) < 4.78 is 41.7. The van der Waals surface area contributed by atoms with Gasteiger partial charge in [0.05, 0.1) is 12.2 Å². The number of hydrogen-bond acceptors (Lipinski definition) is 2. The van der Waals surface area contributed by atoms with Crippen molar-refractivity contribution >= 4 is 5.97 Å². The zero-order valence-corrected chi connectivity index (χ0v) is 8.80. The van der Waals surface area contributed by atoms with Crippen LogP contribution in [0.5, 0.6) is 0 Å². The smallest absolute Gasteiger partial charge is 0.419 e. The first-order valence-electron chi connectivity index (χ1n) is 4.54. The van der Waals surface area contributed by atoms with Gasteiger partial charge < -0.3 is 9.84 Å². The van der Waals surface area contributed by atoms with E-state index in [1.165, 1.54) is 6.92 Å². The maximum atomic E-state index is 12.3. The number of alkyl halides is 3. The van der Waals surface area contributed by atoms with E-state index in [1.54, 1.807) is 0 Å². The third kappa shape index (κ3) is 5.43. The molecule has 0 aromatic carbocycles. The van der Waals surface area contributed by atoms with Crippen LogP contribution in [0.15, 0.2) is 24.0 Å². The van der Waals surface area contributed by atoms with Crippen LogP contribution in [0.1, 0.15) is 19.8 Å². The Morgan fingerprint density at radius 1 is 1.50 bits per heavy atom. The zero-order valence-electron chi connectivity index (χ0n) is 8.80. The predicted octanol–water partition coefficient (Wildman–Crippen LogP) is 2.89. The number of rotatable bonds is 6. The summed E-state index contributed by atoms with van der Waals surface area (Å²) in [4.78, 5) is 10.1. The fraction of sp³-hybridized carbons (Fsp3) is 0.500. The van der Waals surface area contributed by atoms with Crippen LogP contribution in [0.25, 0.3) is 0 Å². The highest BCUT2D eigenvalue weighted by Gasteiger charge is 2.34. The van der Waals surface area contributed by atoms with E-state index >= 15 is 0 Å². The van der Waals surface area contributed by atoms with Gasteiger partial charge in [-0.3, -0.25) is 4.79 Å². The number of aliphatic carboxylic acids is 1. The average Bonchev–Trinajstić information content (AvgIpc) is 2.10. The Morgan fingerprint density at radius 2 is 2.06 bits per heavy atom. The number of hydrogen-bond donors (Lipinski definition) is 1. The van der Waals surface area contributed by atoms with Crippen LogP contribution < -0.4 is 0 Å². The summed E-state index contributed by atoms with van der Waals surface area (Å²) in [5, 5.41) is 8.30. The molecule has 0 saturated carbocycles. The average molecular weight is 238 g/mol. The number of carboxylic acids is 1. The van der Waals surface area contributed by atoms with E-state index in [4.69, 9.17) is 9.84 Å². The van der Waals surface area contributed by atoms with Crippen molar-refractivity contribution in [2.24, 2.45) is 0 Å². The molecule has 0 atom stereocenters. The number of carboxylic acid groups (broad SMARTS) is 1. The molecule has 0 aromatic heterocycles. The molecule has 0 radical (unpaired) electrons. The second-order valence-electron chi connectivity index (χ2n) is 3.02. The molecular formula is C10H13F3O3. The Balaban J connectivity index is 4.30. The van der Waals surface area contributed by atoms with Crippen molar-refractivity contribution in [2.45, 2.75) is 25.9 Å². The van der Waals surface area contributed by atoms with Crippen LogP contribution in [-0.4, -0.2) is 23.9 Å². The fourth-order valence-corrected chi connectivity index (χ4v) is 0.985. The highest BCUT2D eigenvalue weighted by molar-refractivity contribution is 5.66. The second-order valence-corrected chi connectivity index (χ2v) is 3.02. The van der Waals surface area contributed by atoms with Gasteiger partial charge in [0.2, 0.25) is 0 Å². The Labute approximate surface area is 91.2 Å². The topological polar surface area (TPSA) is 46.5 Å². The van der Waals surface area contributed by atoms with Crippen LogP contribution in [0, 0.1) is 0 Å². The van der Waals surface area contributed by atoms with Gasteiger partial charge in [-0.25, -0.2) is 0 Å². The number of carbonyl (C=O) groups is 1. The van der Waals surface area contributed by atoms with Gasteiger partial charge >= 0.3 is 12.1 Å². The molecule has 0 saturated heterocycles. The van der Waals surface area contributed by atoms with Gasteiger partial charge in [-0.2, -0.15) is 13.2 Å². The number of halogens is 3. The van der Waals surface area contributed by atoms with Crippen molar-refractivity contribution in [1.29, 1.82) is 0 Å². The van der Waals surface area contributed by atoms with Crippen LogP contribution >= 0.6 is 0 Å². The van der Waals surface area contributed by atoms with Gasteiger partial charge in [-0.05, 0) is 13.3 Å². The standard InChI is InChI=1S/C10H13F3O3/c1-3-8(10(11,12)13)7(2)16-6-4-5-9(14)15/h3H,1,4-6H2,2H3,(H,14,15)/b8-7+. The number of ether oxygens (including phenoxy) is 1. The molecule has 0 aromatic rings. The summed E-state index contributed by atoms with van der Waals surface area (Å²) in [5.74, 6) is -1.31. The van der Waals surface area contributed by atoms with Crippen molar-refractivity contribution in [1.82, 2.24) is 0 Å².